The van der Waals surface area contributed by atoms with E-state index in [1.807, 2.05) is 36.4 Å². The Balaban J connectivity index is 1.60. The molecule has 1 heterocycles. The van der Waals surface area contributed by atoms with E-state index in [2.05, 4.69) is 5.32 Å². The Kier molecular flexibility index (Phi) is 6.04. The quantitative estimate of drug-likeness (QED) is 0.646. The average Bonchev–Trinajstić information content (AvgIpc) is 3.18. The number of rotatable bonds is 7. The van der Waals surface area contributed by atoms with Crippen LogP contribution in [0.15, 0.2) is 59.0 Å². The summed E-state index contributed by atoms with van der Waals surface area (Å²) in [4.78, 5) is 12.3. The minimum absolute atomic E-state index is 0.247. The third-order valence-corrected chi connectivity index (χ3v) is 4.45. The summed E-state index contributed by atoms with van der Waals surface area (Å²) in [7, 11) is 3.19. The van der Waals surface area contributed by atoms with Crippen LogP contribution in [-0.2, 0) is 6.42 Å². The zero-order valence-electron chi connectivity index (χ0n) is 15.1. The number of ether oxygens (including phenoxy) is 2. The molecule has 0 fully saturated rings. The molecule has 2 aromatic carbocycles. The molecule has 0 atom stereocenters. The molecule has 0 unspecified atom stereocenters. The van der Waals surface area contributed by atoms with Crippen LogP contribution in [0.1, 0.15) is 16.1 Å². The smallest absolute Gasteiger partial charge is 0.287 e. The Bertz CT molecular complexity index is 935. The largest absolute Gasteiger partial charge is 0.493 e. The highest BCUT2D eigenvalue weighted by Crippen LogP contribution is 2.29. The molecule has 6 heteroatoms. The highest BCUT2D eigenvalue weighted by molar-refractivity contribution is 6.33. The molecular formula is C21H20ClNO4. The number of hydrogen-bond donors (Lipinski definition) is 1. The molecule has 3 rings (SSSR count). The Hall–Kier alpha value is -2.92. The SMILES string of the molecule is COc1ccc(CCNC(=O)c2ccc(-c3ccccc3Cl)o2)cc1OC. The van der Waals surface area contributed by atoms with Gasteiger partial charge in [0, 0.05) is 12.1 Å². The van der Waals surface area contributed by atoms with E-state index in [4.69, 9.17) is 25.5 Å². The van der Waals surface area contributed by atoms with Crippen LogP contribution in [0.2, 0.25) is 5.02 Å². The lowest BCUT2D eigenvalue weighted by molar-refractivity contribution is 0.0927. The minimum atomic E-state index is -0.270. The molecule has 0 aliphatic carbocycles. The highest BCUT2D eigenvalue weighted by atomic mass is 35.5. The minimum Gasteiger partial charge on any atom is -0.493 e. The van der Waals surface area contributed by atoms with Crippen LogP contribution in [0, 0.1) is 0 Å². The number of nitrogens with one attached hydrogen (secondary N) is 1. The van der Waals surface area contributed by atoms with Gasteiger partial charge in [-0.3, -0.25) is 4.79 Å². The van der Waals surface area contributed by atoms with Crippen molar-refractivity contribution in [2.24, 2.45) is 0 Å². The van der Waals surface area contributed by atoms with E-state index in [1.165, 1.54) is 0 Å². The molecular weight excluding hydrogens is 366 g/mol. The number of methoxy groups -OCH3 is 2. The lowest BCUT2D eigenvalue weighted by Gasteiger charge is -2.09. The Morgan fingerprint density at radius 1 is 1.04 bits per heavy atom. The van der Waals surface area contributed by atoms with E-state index in [1.54, 1.807) is 32.4 Å². The van der Waals surface area contributed by atoms with Crippen LogP contribution < -0.4 is 14.8 Å². The van der Waals surface area contributed by atoms with Crippen LogP contribution in [0.3, 0.4) is 0 Å². The van der Waals surface area contributed by atoms with Gasteiger partial charge in [-0.2, -0.15) is 0 Å². The van der Waals surface area contributed by atoms with Crippen LogP contribution in [0.4, 0.5) is 0 Å². The van der Waals surface area contributed by atoms with Gasteiger partial charge in [0.25, 0.3) is 5.91 Å². The van der Waals surface area contributed by atoms with E-state index in [0.717, 1.165) is 11.1 Å². The first-order valence-corrected chi connectivity index (χ1v) is 8.84. The van der Waals surface area contributed by atoms with Gasteiger partial charge in [0.2, 0.25) is 0 Å². The number of carbonyl (C=O) groups is 1. The average molecular weight is 386 g/mol. The van der Waals surface area contributed by atoms with E-state index in [9.17, 15) is 4.79 Å². The maximum atomic E-state index is 12.3. The van der Waals surface area contributed by atoms with E-state index < -0.39 is 0 Å². The Morgan fingerprint density at radius 3 is 2.56 bits per heavy atom. The van der Waals surface area contributed by atoms with Crippen molar-refractivity contribution in [2.45, 2.75) is 6.42 Å². The number of furan rings is 1. The number of halogens is 1. The van der Waals surface area contributed by atoms with Crippen molar-refractivity contribution in [3.8, 4) is 22.8 Å². The molecule has 0 radical (unpaired) electrons. The van der Waals surface area contributed by atoms with Crippen molar-refractivity contribution in [3.63, 3.8) is 0 Å². The monoisotopic (exact) mass is 385 g/mol. The van der Waals surface area contributed by atoms with Gasteiger partial charge in [-0.1, -0.05) is 29.8 Å². The zero-order valence-corrected chi connectivity index (χ0v) is 15.9. The molecule has 1 amide bonds. The zero-order chi connectivity index (χ0) is 19.2. The fraction of sp³-hybridized carbons (Fsp3) is 0.190. The van der Waals surface area contributed by atoms with Crippen molar-refractivity contribution in [3.05, 3.63) is 70.9 Å². The van der Waals surface area contributed by atoms with Crippen LogP contribution >= 0.6 is 11.6 Å². The molecule has 1 aromatic heterocycles. The first-order chi connectivity index (χ1) is 13.1. The second-order valence-electron chi connectivity index (χ2n) is 5.84. The first kappa shape index (κ1) is 18.9. The standard InChI is InChI=1S/C21H20ClNO4/c1-25-18-8-7-14(13-20(18)26-2)11-12-23-21(24)19-10-9-17(27-19)15-5-3-4-6-16(15)22/h3-10,13H,11-12H2,1-2H3,(H,23,24). The van der Waals surface area contributed by atoms with Crippen molar-refractivity contribution in [1.29, 1.82) is 0 Å². The second-order valence-corrected chi connectivity index (χ2v) is 6.25. The number of carbonyl (C=O) groups excluding carboxylic acids is 1. The molecule has 0 aliphatic heterocycles. The van der Waals surface area contributed by atoms with E-state index in [-0.39, 0.29) is 11.7 Å². The van der Waals surface area contributed by atoms with Crippen molar-refractivity contribution >= 4 is 17.5 Å². The topological polar surface area (TPSA) is 60.7 Å². The molecule has 27 heavy (non-hydrogen) atoms. The fourth-order valence-corrected chi connectivity index (χ4v) is 2.94. The van der Waals surface area contributed by atoms with Crippen LogP contribution in [0.5, 0.6) is 11.5 Å². The molecule has 0 aliphatic rings. The van der Waals surface area contributed by atoms with Crippen LogP contribution in [-0.4, -0.2) is 26.7 Å². The van der Waals surface area contributed by atoms with Crippen molar-refractivity contribution in [2.75, 3.05) is 20.8 Å². The second kappa shape index (κ2) is 8.64. The Labute approximate surface area is 162 Å². The molecule has 140 valence electrons. The van der Waals surface area contributed by atoms with Crippen molar-refractivity contribution < 1.29 is 18.7 Å². The lowest BCUT2D eigenvalue weighted by Crippen LogP contribution is -2.25. The van der Waals surface area contributed by atoms with E-state index in [0.29, 0.717) is 35.2 Å². The molecule has 0 saturated carbocycles. The third-order valence-electron chi connectivity index (χ3n) is 4.12. The molecule has 3 aromatic rings. The van der Waals surface area contributed by atoms with Crippen molar-refractivity contribution in [1.82, 2.24) is 5.32 Å². The normalized spacial score (nSPS) is 10.5. The molecule has 0 spiro atoms. The predicted molar refractivity (Wildman–Crippen MR) is 105 cm³/mol. The lowest BCUT2D eigenvalue weighted by atomic mass is 10.1. The van der Waals surface area contributed by atoms with Gasteiger partial charge in [0.1, 0.15) is 5.76 Å². The number of hydrogen-bond acceptors (Lipinski definition) is 4. The summed E-state index contributed by atoms with van der Waals surface area (Å²) in [5.74, 6) is 1.88. The summed E-state index contributed by atoms with van der Waals surface area (Å²) >= 11 is 6.17. The molecule has 5 nitrogen and oxygen atoms in total. The summed E-state index contributed by atoms with van der Waals surface area (Å²) in [5, 5.41) is 3.43. The summed E-state index contributed by atoms with van der Waals surface area (Å²) < 4.78 is 16.2. The molecule has 1 N–H and O–H groups in total. The highest BCUT2D eigenvalue weighted by Gasteiger charge is 2.13. The van der Waals surface area contributed by atoms with Crippen LogP contribution in [0.25, 0.3) is 11.3 Å². The van der Waals surface area contributed by atoms with Gasteiger partial charge in [-0.15, -0.1) is 0 Å². The fourth-order valence-electron chi connectivity index (χ4n) is 2.71. The van der Waals surface area contributed by atoms with Gasteiger partial charge in [-0.05, 0) is 48.4 Å². The molecule has 0 saturated heterocycles. The molecule has 0 bridgehead atoms. The maximum Gasteiger partial charge on any atom is 0.287 e. The van der Waals surface area contributed by atoms with Gasteiger partial charge in [-0.25, -0.2) is 0 Å². The van der Waals surface area contributed by atoms with E-state index >= 15 is 0 Å². The first-order valence-electron chi connectivity index (χ1n) is 8.46. The summed E-state index contributed by atoms with van der Waals surface area (Å²) in [6.07, 6.45) is 0.657. The third kappa shape index (κ3) is 4.44. The summed E-state index contributed by atoms with van der Waals surface area (Å²) in [5.41, 5.74) is 1.78. The maximum absolute atomic E-state index is 12.3. The van der Waals surface area contributed by atoms with Gasteiger partial charge in [0.15, 0.2) is 17.3 Å². The number of amides is 1. The summed E-state index contributed by atoms with van der Waals surface area (Å²) in [6, 6.07) is 16.4. The van der Waals surface area contributed by atoms with Gasteiger partial charge in [0.05, 0.1) is 19.2 Å². The van der Waals surface area contributed by atoms with Gasteiger partial charge < -0.3 is 19.2 Å². The number of benzene rings is 2. The van der Waals surface area contributed by atoms with Gasteiger partial charge >= 0.3 is 0 Å². The Morgan fingerprint density at radius 2 is 1.81 bits per heavy atom. The predicted octanol–water partition coefficient (Wildman–Crippen LogP) is 4.59. The summed E-state index contributed by atoms with van der Waals surface area (Å²) in [6.45, 7) is 0.469.